The third-order valence-electron chi connectivity index (χ3n) is 1.27. The number of phenols is 1. The van der Waals surface area contributed by atoms with E-state index in [1.54, 1.807) is 18.2 Å². The summed E-state index contributed by atoms with van der Waals surface area (Å²) in [6, 6.07) is 7.04. The summed E-state index contributed by atoms with van der Waals surface area (Å²) in [5, 5.41) is 32.9. The number of rotatable bonds is 2. The molecule has 0 amide bonds. The Kier molecular flexibility index (Phi) is 7.41. The molecular formula is C9H13BrO4. The zero-order valence-corrected chi connectivity index (χ0v) is 9.05. The van der Waals surface area contributed by atoms with Gasteiger partial charge in [-0.1, -0.05) is 12.1 Å². The highest BCUT2D eigenvalue weighted by atomic mass is 79.9. The van der Waals surface area contributed by atoms with Crippen molar-refractivity contribution in [3.63, 3.8) is 0 Å². The second-order valence-electron chi connectivity index (χ2n) is 2.47. The minimum Gasteiger partial charge on any atom is -0.507 e. The number of aliphatic hydroxyl groups excluding tert-OH is 3. The molecule has 0 aromatic heterocycles. The summed E-state index contributed by atoms with van der Waals surface area (Å²) in [4.78, 5) is 0. The molecule has 0 aliphatic heterocycles. The maximum atomic E-state index is 8.87. The minimum atomic E-state index is -0.954. The van der Waals surface area contributed by atoms with Gasteiger partial charge in [0.1, 0.15) is 11.9 Å². The average molecular weight is 265 g/mol. The summed E-state index contributed by atoms with van der Waals surface area (Å²) in [6.07, 6.45) is -0.954. The third kappa shape index (κ3) is 5.93. The molecule has 0 unspecified atom stereocenters. The zero-order valence-electron chi connectivity index (χ0n) is 7.47. The molecule has 0 saturated carbocycles. The molecule has 5 heteroatoms. The first-order valence-electron chi connectivity index (χ1n) is 3.95. The molecule has 0 saturated heterocycles. The van der Waals surface area contributed by atoms with Crippen LogP contribution in [-0.4, -0.2) is 39.7 Å². The van der Waals surface area contributed by atoms with E-state index in [-0.39, 0.29) is 19.0 Å². The summed E-state index contributed by atoms with van der Waals surface area (Å²) in [5.74, 6) is 0.285. The van der Waals surface area contributed by atoms with Gasteiger partial charge in [0.25, 0.3) is 0 Å². The first-order valence-corrected chi connectivity index (χ1v) is 4.74. The van der Waals surface area contributed by atoms with E-state index in [1.165, 1.54) is 0 Å². The summed E-state index contributed by atoms with van der Waals surface area (Å²) in [7, 11) is 0. The summed E-state index contributed by atoms with van der Waals surface area (Å²) < 4.78 is 0.736. The van der Waals surface area contributed by atoms with Crippen molar-refractivity contribution in [1.29, 1.82) is 0 Å². The fourth-order valence-electron chi connectivity index (χ4n) is 0.509. The molecule has 4 N–H and O–H groups in total. The Morgan fingerprint density at radius 1 is 1.14 bits per heavy atom. The Labute approximate surface area is 90.6 Å². The SMILES string of the molecule is OCC(O)CO.Oc1ccccc1Br. The van der Waals surface area contributed by atoms with Crippen LogP contribution in [0.25, 0.3) is 0 Å². The lowest BCUT2D eigenvalue weighted by Gasteiger charge is -1.96. The monoisotopic (exact) mass is 264 g/mol. The van der Waals surface area contributed by atoms with Gasteiger partial charge in [-0.15, -0.1) is 0 Å². The van der Waals surface area contributed by atoms with Gasteiger partial charge in [0, 0.05) is 0 Å². The van der Waals surface area contributed by atoms with Gasteiger partial charge in [0.2, 0.25) is 0 Å². The number of aromatic hydroxyl groups is 1. The van der Waals surface area contributed by atoms with Gasteiger partial charge < -0.3 is 20.4 Å². The van der Waals surface area contributed by atoms with Crippen molar-refractivity contribution in [2.24, 2.45) is 0 Å². The summed E-state index contributed by atoms with van der Waals surface area (Å²) >= 11 is 3.15. The van der Waals surface area contributed by atoms with E-state index in [0.717, 1.165) is 4.47 Å². The van der Waals surface area contributed by atoms with Crippen molar-refractivity contribution < 1.29 is 20.4 Å². The molecular weight excluding hydrogens is 252 g/mol. The van der Waals surface area contributed by atoms with Crippen molar-refractivity contribution in [3.8, 4) is 5.75 Å². The number of halogens is 1. The van der Waals surface area contributed by atoms with E-state index in [1.807, 2.05) is 6.07 Å². The molecule has 1 aromatic carbocycles. The molecule has 0 atom stereocenters. The predicted octanol–water partition coefficient (Wildman–Crippen LogP) is 0.487. The number of hydrogen-bond acceptors (Lipinski definition) is 4. The molecule has 1 rings (SSSR count). The lowest BCUT2D eigenvalue weighted by Crippen LogP contribution is -2.15. The third-order valence-corrected chi connectivity index (χ3v) is 1.94. The normalized spacial score (nSPS) is 9.50. The molecule has 0 heterocycles. The maximum Gasteiger partial charge on any atom is 0.129 e. The lowest BCUT2D eigenvalue weighted by molar-refractivity contribution is 0.0450. The molecule has 1 aromatic rings. The lowest BCUT2D eigenvalue weighted by atomic mass is 10.3. The fraction of sp³-hybridized carbons (Fsp3) is 0.333. The summed E-state index contributed by atoms with van der Waals surface area (Å²) in [6.45, 7) is -0.729. The first kappa shape index (κ1) is 13.4. The predicted molar refractivity (Wildman–Crippen MR) is 56.0 cm³/mol. The van der Waals surface area contributed by atoms with Crippen LogP contribution in [0.1, 0.15) is 0 Å². The molecule has 0 bridgehead atoms. The van der Waals surface area contributed by atoms with Crippen LogP contribution in [0.15, 0.2) is 28.7 Å². The van der Waals surface area contributed by atoms with Gasteiger partial charge in [-0.25, -0.2) is 0 Å². The van der Waals surface area contributed by atoms with Crippen molar-refractivity contribution in [2.45, 2.75) is 6.10 Å². The van der Waals surface area contributed by atoms with Crippen LogP contribution in [0.2, 0.25) is 0 Å². The van der Waals surface area contributed by atoms with Gasteiger partial charge in [-0.3, -0.25) is 0 Å². The van der Waals surface area contributed by atoms with Gasteiger partial charge in [-0.05, 0) is 28.1 Å². The Hall–Kier alpha value is -0.620. The molecule has 80 valence electrons. The van der Waals surface area contributed by atoms with Gasteiger partial charge >= 0.3 is 0 Å². The Morgan fingerprint density at radius 2 is 1.64 bits per heavy atom. The van der Waals surface area contributed by atoms with Crippen LogP contribution >= 0.6 is 15.9 Å². The van der Waals surface area contributed by atoms with Crippen molar-refractivity contribution >= 4 is 15.9 Å². The van der Waals surface area contributed by atoms with E-state index in [2.05, 4.69) is 15.9 Å². The van der Waals surface area contributed by atoms with Crippen LogP contribution in [0.3, 0.4) is 0 Å². The number of phenolic OH excluding ortho intramolecular Hbond substituents is 1. The molecule has 0 aliphatic rings. The van der Waals surface area contributed by atoms with E-state index >= 15 is 0 Å². The number of aliphatic hydroxyl groups is 3. The molecule has 0 aliphatic carbocycles. The quantitative estimate of drug-likeness (QED) is 0.627. The van der Waals surface area contributed by atoms with Crippen molar-refractivity contribution in [3.05, 3.63) is 28.7 Å². The molecule has 0 spiro atoms. The standard InChI is InChI=1S/C6H5BrO.C3H8O3/c7-5-3-1-2-4-6(5)8;4-1-3(6)2-5/h1-4,8H;3-6H,1-2H2. The highest BCUT2D eigenvalue weighted by molar-refractivity contribution is 9.10. The maximum absolute atomic E-state index is 8.87. The Balaban J connectivity index is 0.000000255. The largest absolute Gasteiger partial charge is 0.507 e. The smallest absolute Gasteiger partial charge is 0.129 e. The van der Waals surface area contributed by atoms with Crippen LogP contribution < -0.4 is 0 Å². The average Bonchev–Trinajstić information content (AvgIpc) is 2.22. The second kappa shape index (κ2) is 7.75. The van der Waals surface area contributed by atoms with Gasteiger partial charge in [0.05, 0.1) is 17.7 Å². The molecule has 4 nitrogen and oxygen atoms in total. The topological polar surface area (TPSA) is 80.9 Å². The molecule has 14 heavy (non-hydrogen) atoms. The Morgan fingerprint density at radius 3 is 1.86 bits per heavy atom. The second-order valence-corrected chi connectivity index (χ2v) is 3.32. The molecule has 0 fully saturated rings. The van der Waals surface area contributed by atoms with Crippen molar-refractivity contribution in [1.82, 2.24) is 0 Å². The van der Waals surface area contributed by atoms with Crippen LogP contribution in [0.4, 0.5) is 0 Å². The van der Waals surface area contributed by atoms with Gasteiger partial charge in [-0.2, -0.15) is 0 Å². The van der Waals surface area contributed by atoms with Crippen molar-refractivity contribution in [2.75, 3.05) is 13.2 Å². The fourth-order valence-corrected chi connectivity index (χ4v) is 0.794. The molecule has 0 radical (unpaired) electrons. The number of para-hydroxylation sites is 1. The van der Waals surface area contributed by atoms with Crippen LogP contribution in [-0.2, 0) is 0 Å². The van der Waals surface area contributed by atoms with Crippen LogP contribution in [0, 0.1) is 0 Å². The number of benzene rings is 1. The van der Waals surface area contributed by atoms with Gasteiger partial charge in [0.15, 0.2) is 0 Å². The zero-order chi connectivity index (χ0) is 11.0. The highest BCUT2D eigenvalue weighted by Crippen LogP contribution is 2.21. The Bertz CT molecular complexity index is 229. The number of hydrogen-bond donors (Lipinski definition) is 4. The van der Waals surface area contributed by atoms with E-state index in [4.69, 9.17) is 20.4 Å². The van der Waals surface area contributed by atoms with E-state index in [0.29, 0.717) is 0 Å². The van der Waals surface area contributed by atoms with E-state index in [9.17, 15) is 0 Å². The van der Waals surface area contributed by atoms with Crippen LogP contribution in [0.5, 0.6) is 5.75 Å². The van der Waals surface area contributed by atoms with E-state index < -0.39 is 6.10 Å². The highest BCUT2D eigenvalue weighted by Gasteiger charge is 1.93. The minimum absolute atomic E-state index is 0.285. The first-order chi connectivity index (χ1) is 6.61. The summed E-state index contributed by atoms with van der Waals surface area (Å²) in [5.41, 5.74) is 0.